The maximum Gasteiger partial charge on any atom is 0.266 e. The topological polar surface area (TPSA) is 96.7 Å². The van der Waals surface area contributed by atoms with E-state index < -0.39 is 0 Å². The van der Waals surface area contributed by atoms with Crippen molar-refractivity contribution in [3.05, 3.63) is 32.5 Å². The van der Waals surface area contributed by atoms with E-state index in [0.717, 1.165) is 0 Å². The third-order valence-electron chi connectivity index (χ3n) is 1.62. The second kappa shape index (κ2) is 4.38. The van der Waals surface area contributed by atoms with Crippen LogP contribution >= 0.6 is 22.6 Å². The SMILES string of the molecule is O=c1[nH]cnc(NCc2ncon2)c1I. The normalized spacial score (nSPS) is 10.2. The first-order chi connectivity index (χ1) is 7.27. The Hall–Kier alpha value is -1.45. The van der Waals surface area contributed by atoms with E-state index in [0.29, 0.717) is 21.8 Å². The molecular weight excluding hydrogens is 313 g/mol. The van der Waals surface area contributed by atoms with Crippen LogP contribution in [0, 0.1) is 3.57 Å². The number of H-pyrrole nitrogens is 1. The molecule has 0 aliphatic rings. The highest BCUT2D eigenvalue weighted by Gasteiger charge is 2.05. The van der Waals surface area contributed by atoms with Gasteiger partial charge in [-0.1, -0.05) is 5.16 Å². The lowest BCUT2D eigenvalue weighted by atomic mass is 10.5. The molecule has 0 saturated heterocycles. The highest BCUT2D eigenvalue weighted by molar-refractivity contribution is 14.1. The van der Waals surface area contributed by atoms with Crippen molar-refractivity contribution in [1.29, 1.82) is 0 Å². The van der Waals surface area contributed by atoms with E-state index in [9.17, 15) is 4.79 Å². The summed E-state index contributed by atoms with van der Waals surface area (Å²) in [6, 6.07) is 0. The van der Waals surface area contributed by atoms with Crippen LogP contribution in [0.4, 0.5) is 5.82 Å². The molecule has 78 valence electrons. The lowest BCUT2D eigenvalue weighted by Crippen LogP contribution is -2.14. The van der Waals surface area contributed by atoms with Gasteiger partial charge in [-0.3, -0.25) is 4.79 Å². The van der Waals surface area contributed by atoms with E-state index in [1.54, 1.807) is 0 Å². The Labute approximate surface area is 97.5 Å². The molecule has 15 heavy (non-hydrogen) atoms. The van der Waals surface area contributed by atoms with Crippen molar-refractivity contribution < 1.29 is 4.52 Å². The molecule has 8 heteroatoms. The predicted molar refractivity (Wildman–Crippen MR) is 59.2 cm³/mol. The summed E-state index contributed by atoms with van der Waals surface area (Å²) in [4.78, 5) is 21.5. The van der Waals surface area contributed by atoms with E-state index in [1.165, 1.54) is 12.7 Å². The Balaban J connectivity index is 2.12. The van der Waals surface area contributed by atoms with Crippen LogP contribution in [-0.4, -0.2) is 20.1 Å². The number of hydrogen-bond donors (Lipinski definition) is 2. The minimum absolute atomic E-state index is 0.179. The minimum atomic E-state index is -0.179. The average molecular weight is 319 g/mol. The van der Waals surface area contributed by atoms with Crippen molar-refractivity contribution in [3.63, 3.8) is 0 Å². The summed E-state index contributed by atoms with van der Waals surface area (Å²) in [5.41, 5.74) is -0.179. The van der Waals surface area contributed by atoms with E-state index in [-0.39, 0.29) is 5.56 Å². The summed E-state index contributed by atoms with van der Waals surface area (Å²) in [5, 5.41) is 6.55. The van der Waals surface area contributed by atoms with Crippen molar-refractivity contribution in [2.24, 2.45) is 0 Å². The zero-order valence-corrected chi connectivity index (χ0v) is 9.56. The molecule has 2 rings (SSSR count). The quantitative estimate of drug-likeness (QED) is 0.794. The van der Waals surface area contributed by atoms with Crippen molar-refractivity contribution in [1.82, 2.24) is 20.1 Å². The Morgan fingerprint density at radius 2 is 2.40 bits per heavy atom. The van der Waals surface area contributed by atoms with Gasteiger partial charge >= 0.3 is 0 Å². The fourth-order valence-electron chi connectivity index (χ4n) is 0.939. The van der Waals surface area contributed by atoms with Crippen molar-refractivity contribution >= 4 is 28.4 Å². The largest absolute Gasteiger partial charge is 0.362 e. The molecule has 0 saturated carbocycles. The molecule has 0 unspecified atom stereocenters. The van der Waals surface area contributed by atoms with Gasteiger partial charge in [0, 0.05) is 0 Å². The van der Waals surface area contributed by atoms with Crippen molar-refractivity contribution in [2.75, 3.05) is 5.32 Å². The van der Waals surface area contributed by atoms with E-state index in [2.05, 4.69) is 29.9 Å². The highest BCUT2D eigenvalue weighted by atomic mass is 127. The predicted octanol–water partition coefficient (Wildman–Crippen LogP) is 0.370. The Kier molecular flexibility index (Phi) is 2.94. The number of nitrogens with zero attached hydrogens (tertiary/aromatic N) is 3. The van der Waals surface area contributed by atoms with Crippen LogP contribution in [0.15, 0.2) is 22.0 Å². The third kappa shape index (κ3) is 2.32. The molecule has 7 nitrogen and oxygen atoms in total. The number of aromatic amines is 1. The molecule has 2 aromatic rings. The summed E-state index contributed by atoms with van der Waals surface area (Å²) in [6.45, 7) is 0.364. The Bertz CT molecular complexity index is 494. The number of halogens is 1. The number of nitrogens with one attached hydrogen (secondary N) is 2. The van der Waals surface area contributed by atoms with Crippen LogP contribution in [-0.2, 0) is 6.54 Å². The Morgan fingerprint density at radius 1 is 1.53 bits per heavy atom. The molecule has 0 amide bonds. The first-order valence-electron chi connectivity index (χ1n) is 3.99. The first kappa shape index (κ1) is 10.1. The van der Waals surface area contributed by atoms with Crippen LogP contribution in [0.5, 0.6) is 0 Å². The molecule has 0 spiro atoms. The molecular formula is C7H6IN5O2. The summed E-state index contributed by atoms with van der Waals surface area (Å²) >= 11 is 1.91. The van der Waals surface area contributed by atoms with Gasteiger partial charge in [0.15, 0.2) is 5.82 Å². The summed E-state index contributed by atoms with van der Waals surface area (Å²) in [6.07, 6.45) is 2.58. The summed E-state index contributed by atoms with van der Waals surface area (Å²) < 4.78 is 5.06. The lowest BCUT2D eigenvalue weighted by molar-refractivity contribution is 0.411. The maximum absolute atomic E-state index is 11.2. The van der Waals surface area contributed by atoms with Gasteiger partial charge in [0.2, 0.25) is 6.39 Å². The molecule has 0 fully saturated rings. The molecule has 0 radical (unpaired) electrons. The van der Waals surface area contributed by atoms with Gasteiger partial charge in [0.25, 0.3) is 5.56 Å². The highest BCUT2D eigenvalue weighted by Crippen LogP contribution is 2.09. The molecule has 2 N–H and O–H groups in total. The van der Waals surface area contributed by atoms with Gasteiger partial charge < -0.3 is 14.8 Å². The molecule has 0 aliphatic heterocycles. The monoisotopic (exact) mass is 319 g/mol. The Morgan fingerprint density at radius 3 is 3.13 bits per heavy atom. The maximum atomic E-state index is 11.2. The fourth-order valence-corrected chi connectivity index (χ4v) is 1.43. The summed E-state index contributed by atoms with van der Waals surface area (Å²) in [7, 11) is 0. The van der Waals surface area contributed by atoms with Crippen LogP contribution in [0.1, 0.15) is 5.82 Å². The number of anilines is 1. The zero-order chi connectivity index (χ0) is 10.7. The van der Waals surface area contributed by atoms with Crippen molar-refractivity contribution in [3.8, 4) is 0 Å². The van der Waals surface area contributed by atoms with Gasteiger partial charge in [-0.25, -0.2) is 4.98 Å². The van der Waals surface area contributed by atoms with Gasteiger partial charge in [-0.15, -0.1) is 0 Å². The van der Waals surface area contributed by atoms with Gasteiger partial charge in [-0.2, -0.15) is 4.98 Å². The second-order valence-corrected chi connectivity index (χ2v) is 3.67. The standard InChI is InChI=1S/C7H6IN5O2/c8-5-6(10-2-11-7(5)14)9-1-4-12-3-15-13-4/h2-3H,1H2,(H2,9,10,11,14). The van der Waals surface area contributed by atoms with Crippen molar-refractivity contribution in [2.45, 2.75) is 6.54 Å². The molecule has 2 aromatic heterocycles. The lowest BCUT2D eigenvalue weighted by Gasteiger charge is -2.02. The number of hydrogen-bond acceptors (Lipinski definition) is 6. The van der Waals surface area contributed by atoms with Crippen LogP contribution in [0.3, 0.4) is 0 Å². The molecule has 2 heterocycles. The van der Waals surface area contributed by atoms with E-state index in [4.69, 9.17) is 0 Å². The second-order valence-electron chi connectivity index (χ2n) is 2.60. The van der Waals surface area contributed by atoms with Crippen LogP contribution in [0.2, 0.25) is 0 Å². The smallest absolute Gasteiger partial charge is 0.266 e. The van der Waals surface area contributed by atoms with Gasteiger partial charge in [0.1, 0.15) is 9.39 Å². The molecule has 0 bridgehead atoms. The molecule has 0 aliphatic carbocycles. The van der Waals surface area contributed by atoms with Gasteiger partial charge in [-0.05, 0) is 22.6 Å². The summed E-state index contributed by atoms with van der Waals surface area (Å²) in [5.74, 6) is 1.01. The van der Waals surface area contributed by atoms with Crippen LogP contribution < -0.4 is 10.9 Å². The molecule has 0 aromatic carbocycles. The first-order valence-corrected chi connectivity index (χ1v) is 5.07. The number of aromatic nitrogens is 4. The van der Waals surface area contributed by atoms with E-state index in [1.807, 2.05) is 22.6 Å². The third-order valence-corrected chi connectivity index (χ3v) is 2.62. The van der Waals surface area contributed by atoms with E-state index >= 15 is 0 Å². The van der Waals surface area contributed by atoms with Crippen LogP contribution in [0.25, 0.3) is 0 Å². The molecule has 0 atom stereocenters. The zero-order valence-electron chi connectivity index (χ0n) is 7.40. The number of rotatable bonds is 3. The fraction of sp³-hybridized carbons (Fsp3) is 0.143. The average Bonchev–Trinajstić information content (AvgIpc) is 2.73. The van der Waals surface area contributed by atoms with Gasteiger partial charge in [0.05, 0.1) is 12.9 Å². The minimum Gasteiger partial charge on any atom is -0.362 e.